The van der Waals surface area contributed by atoms with Crippen molar-refractivity contribution < 1.29 is 0 Å². The molecule has 0 saturated heterocycles. The SMILES string of the molecule is CC1CCC(N)(C2CCCc3cccnc32)CC1C. The van der Waals surface area contributed by atoms with E-state index in [0.717, 1.165) is 18.3 Å². The molecule has 1 fully saturated rings. The van der Waals surface area contributed by atoms with E-state index in [9.17, 15) is 0 Å². The molecule has 3 rings (SSSR count). The van der Waals surface area contributed by atoms with E-state index in [-0.39, 0.29) is 5.54 Å². The first-order valence-corrected chi connectivity index (χ1v) is 7.83. The lowest BCUT2D eigenvalue weighted by atomic mass is 9.63. The molecule has 2 heteroatoms. The predicted molar refractivity (Wildman–Crippen MR) is 79.0 cm³/mol. The summed E-state index contributed by atoms with van der Waals surface area (Å²) < 4.78 is 0. The van der Waals surface area contributed by atoms with Crippen molar-refractivity contribution in [1.29, 1.82) is 0 Å². The normalized spacial score (nSPS) is 38.8. The maximum Gasteiger partial charge on any atom is 0.0484 e. The molecule has 1 saturated carbocycles. The number of hydrogen-bond acceptors (Lipinski definition) is 2. The summed E-state index contributed by atoms with van der Waals surface area (Å²) >= 11 is 0. The van der Waals surface area contributed by atoms with Crippen molar-refractivity contribution in [3.05, 3.63) is 29.6 Å². The van der Waals surface area contributed by atoms with Gasteiger partial charge in [0, 0.05) is 23.3 Å². The molecule has 0 aliphatic heterocycles. The van der Waals surface area contributed by atoms with E-state index < -0.39 is 0 Å². The van der Waals surface area contributed by atoms with E-state index in [1.807, 2.05) is 6.20 Å². The van der Waals surface area contributed by atoms with Gasteiger partial charge in [-0.05, 0) is 62.0 Å². The standard InChI is InChI=1S/C17H26N2/c1-12-8-9-17(18,11-13(12)2)15-7-3-5-14-6-4-10-19-16(14)15/h4,6,10,12-13,15H,3,5,7-9,11,18H2,1-2H3. The molecule has 0 bridgehead atoms. The topological polar surface area (TPSA) is 38.9 Å². The van der Waals surface area contributed by atoms with Crippen LogP contribution in [0.15, 0.2) is 18.3 Å². The number of aromatic nitrogens is 1. The molecule has 2 nitrogen and oxygen atoms in total. The Morgan fingerprint density at radius 1 is 1.26 bits per heavy atom. The number of nitrogens with zero attached hydrogens (tertiary/aromatic N) is 1. The summed E-state index contributed by atoms with van der Waals surface area (Å²) in [5, 5.41) is 0. The highest BCUT2D eigenvalue weighted by atomic mass is 14.8. The lowest BCUT2D eigenvalue weighted by Crippen LogP contribution is -2.51. The van der Waals surface area contributed by atoms with Crippen LogP contribution >= 0.6 is 0 Å². The second-order valence-corrected chi connectivity index (χ2v) is 6.92. The summed E-state index contributed by atoms with van der Waals surface area (Å²) in [6.45, 7) is 4.74. The van der Waals surface area contributed by atoms with Crippen LogP contribution in [0.5, 0.6) is 0 Å². The molecule has 1 aromatic rings. The Hall–Kier alpha value is -0.890. The van der Waals surface area contributed by atoms with Gasteiger partial charge in [0.1, 0.15) is 0 Å². The molecule has 1 heterocycles. The van der Waals surface area contributed by atoms with Crippen molar-refractivity contribution in [3.63, 3.8) is 0 Å². The highest BCUT2D eigenvalue weighted by Gasteiger charge is 2.43. The molecule has 19 heavy (non-hydrogen) atoms. The van der Waals surface area contributed by atoms with Gasteiger partial charge in [-0.3, -0.25) is 4.98 Å². The average molecular weight is 258 g/mol. The molecular weight excluding hydrogens is 232 g/mol. The van der Waals surface area contributed by atoms with E-state index in [1.165, 1.54) is 43.4 Å². The van der Waals surface area contributed by atoms with Crippen LogP contribution in [0.2, 0.25) is 0 Å². The van der Waals surface area contributed by atoms with Crippen LogP contribution in [0.3, 0.4) is 0 Å². The van der Waals surface area contributed by atoms with E-state index in [0.29, 0.717) is 5.92 Å². The number of hydrogen-bond donors (Lipinski definition) is 1. The fourth-order valence-electron chi connectivity index (χ4n) is 4.17. The first kappa shape index (κ1) is 13.1. The Balaban J connectivity index is 1.90. The van der Waals surface area contributed by atoms with E-state index in [4.69, 9.17) is 5.73 Å². The van der Waals surface area contributed by atoms with Gasteiger partial charge in [-0.2, -0.15) is 0 Å². The maximum absolute atomic E-state index is 6.86. The zero-order valence-electron chi connectivity index (χ0n) is 12.2. The van der Waals surface area contributed by atoms with Crippen LogP contribution in [0.4, 0.5) is 0 Å². The third kappa shape index (κ3) is 2.31. The summed E-state index contributed by atoms with van der Waals surface area (Å²) in [5.74, 6) is 2.05. The maximum atomic E-state index is 6.86. The van der Waals surface area contributed by atoms with Gasteiger partial charge in [-0.15, -0.1) is 0 Å². The van der Waals surface area contributed by atoms with E-state index >= 15 is 0 Å². The van der Waals surface area contributed by atoms with Crippen molar-refractivity contribution in [2.75, 3.05) is 0 Å². The van der Waals surface area contributed by atoms with Crippen molar-refractivity contribution in [2.45, 2.75) is 63.8 Å². The molecule has 2 N–H and O–H groups in total. The number of fused-ring (bicyclic) bond motifs is 1. The van der Waals surface area contributed by atoms with E-state index in [2.05, 4.69) is 31.0 Å². The summed E-state index contributed by atoms with van der Waals surface area (Å²) in [6.07, 6.45) is 9.22. The molecule has 2 aliphatic carbocycles. The molecule has 0 spiro atoms. The first-order chi connectivity index (χ1) is 9.10. The highest BCUT2D eigenvalue weighted by molar-refractivity contribution is 5.29. The molecule has 0 radical (unpaired) electrons. The van der Waals surface area contributed by atoms with Gasteiger partial charge in [0.25, 0.3) is 0 Å². The fourth-order valence-corrected chi connectivity index (χ4v) is 4.17. The van der Waals surface area contributed by atoms with E-state index in [1.54, 1.807) is 0 Å². The summed E-state index contributed by atoms with van der Waals surface area (Å²) in [5.41, 5.74) is 9.59. The Labute approximate surface area is 116 Å². The smallest absolute Gasteiger partial charge is 0.0484 e. The fraction of sp³-hybridized carbons (Fsp3) is 0.706. The zero-order valence-corrected chi connectivity index (χ0v) is 12.2. The Morgan fingerprint density at radius 3 is 2.89 bits per heavy atom. The monoisotopic (exact) mass is 258 g/mol. The second-order valence-electron chi connectivity index (χ2n) is 6.92. The lowest BCUT2D eigenvalue weighted by Gasteiger charge is -2.46. The quantitative estimate of drug-likeness (QED) is 0.835. The van der Waals surface area contributed by atoms with Crippen molar-refractivity contribution in [3.8, 4) is 0 Å². The van der Waals surface area contributed by atoms with Crippen LogP contribution in [-0.4, -0.2) is 10.5 Å². The predicted octanol–water partition coefficient (Wildman–Crippen LogP) is 3.66. The molecular formula is C17H26N2. The zero-order chi connectivity index (χ0) is 13.5. The van der Waals surface area contributed by atoms with Gasteiger partial charge >= 0.3 is 0 Å². The summed E-state index contributed by atoms with van der Waals surface area (Å²) in [4.78, 5) is 4.69. The Bertz CT molecular complexity index is 456. The summed E-state index contributed by atoms with van der Waals surface area (Å²) in [7, 11) is 0. The third-order valence-corrected chi connectivity index (χ3v) is 5.63. The van der Waals surface area contributed by atoms with Crippen LogP contribution in [-0.2, 0) is 6.42 Å². The minimum Gasteiger partial charge on any atom is -0.324 e. The molecule has 4 atom stereocenters. The third-order valence-electron chi connectivity index (χ3n) is 5.63. The van der Waals surface area contributed by atoms with Gasteiger partial charge in [-0.1, -0.05) is 19.9 Å². The number of pyridine rings is 1. The molecule has 0 amide bonds. The van der Waals surface area contributed by atoms with Crippen LogP contribution in [0.25, 0.3) is 0 Å². The van der Waals surface area contributed by atoms with Gasteiger partial charge < -0.3 is 5.73 Å². The average Bonchev–Trinajstić information content (AvgIpc) is 2.43. The van der Waals surface area contributed by atoms with Crippen LogP contribution < -0.4 is 5.73 Å². The van der Waals surface area contributed by atoms with Crippen molar-refractivity contribution in [1.82, 2.24) is 4.98 Å². The Morgan fingerprint density at radius 2 is 2.11 bits per heavy atom. The number of rotatable bonds is 1. The molecule has 4 unspecified atom stereocenters. The van der Waals surface area contributed by atoms with Crippen molar-refractivity contribution in [2.24, 2.45) is 17.6 Å². The summed E-state index contributed by atoms with van der Waals surface area (Å²) in [6, 6.07) is 4.31. The van der Waals surface area contributed by atoms with Gasteiger partial charge in [0.2, 0.25) is 0 Å². The molecule has 104 valence electrons. The van der Waals surface area contributed by atoms with Crippen LogP contribution in [0, 0.1) is 11.8 Å². The lowest BCUT2D eigenvalue weighted by molar-refractivity contribution is 0.141. The highest BCUT2D eigenvalue weighted by Crippen LogP contribution is 2.46. The van der Waals surface area contributed by atoms with Gasteiger partial charge in [0.15, 0.2) is 0 Å². The number of nitrogens with two attached hydrogens (primary N) is 1. The van der Waals surface area contributed by atoms with Gasteiger partial charge in [-0.25, -0.2) is 0 Å². The minimum atomic E-state index is -0.0184. The van der Waals surface area contributed by atoms with Crippen molar-refractivity contribution >= 4 is 0 Å². The van der Waals surface area contributed by atoms with Gasteiger partial charge in [0.05, 0.1) is 0 Å². The first-order valence-electron chi connectivity index (χ1n) is 7.83. The Kier molecular flexibility index (Phi) is 3.38. The molecule has 2 aliphatic rings. The number of aryl methyl sites for hydroxylation is 1. The van der Waals surface area contributed by atoms with Crippen LogP contribution in [0.1, 0.15) is 63.1 Å². The largest absolute Gasteiger partial charge is 0.324 e. The molecule has 1 aromatic heterocycles. The minimum absolute atomic E-state index is 0.0184. The second kappa shape index (κ2) is 4.90. The molecule has 0 aromatic carbocycles.